The van der Waals surface area contributed by atoms with E-state index in [1.165, 1.54) is 0 Å². The molecule has 0 spiro atoms. The molecule has 2 rings (SSSR count). The van der Waals surface area contributed by atoms with Gasteiger partial charge in [-0.15, -0.1) is 11.8 Å². The molecule has 1 unspecified atom stereocenters. The zero-order valence-electron chi connectivity index (χ0n) is 15.2. The van der Waals surface area contributed by atoms with E-state index in [-0.39, 0.29) is 11.8 Å². The number of hydrogen-bond acceptors (Lipinski definition) is 4. The van der Waals surface area contributed by atoms with E-state index in [4.69, 9.17) is 0 Å². The number of carbonyl (C=O) groups is 1. The first-order chi connectivity index (χ1) is 12.0. The first-order valence-electron chi connectivity index (χ1n) is 8.51. The van der Waals surface area contributed by atoms with E-state index in [1.54, 1.807) is 11.8 Å². The second kappa shape index (κ2) is 9.46. The SMILES string of the molecule is CC(CC(C(=O)CSCS)(c1ccccc1)c1ccccc1)N(C)C. The van der Waals surface area contributed by atoms with E-state index in [9.17, 15) is 4.79 Å². The zero-order valence-corrected chi connectivity index (χ0v) is 16.9. The largest absolute Gasteiger partial charge is 0.307 e. The Labute approximate surface area is 161 Å². The molecule has 0 aliphatic heterocycles. The molecule has 4 heteroatoms. The molecule has 2 aromatic rings. The van der Waals surface area contributed by atoms with Gasteiger partial charge in [-0.25, -0.2) is 0 Å². The fraction of sp³-hybridized carbons (Fsp3) is 0.381. The number of benzene rings is 2. The van der Waals surface area contributed by atoms with E-state index < -0.39 is 5.41 Å². The maximum atomic E-state index is 13.5. The number of thiol groups is 1. The van der Waals surface area contributed by atoms with Gasteiger partial charge >= 0.3 is 0 Å². The molecule has 0 N–H and O–H groups in total. The lowest BCUT2D eigenvalue weighted by atomic mass is 9.68. The van der Waals surface area contributed by atoms with Crippen molar-refractivity contribution >= 4 is 30.2 Å². The Morgan fingerprint density at radius 3 is 1.92 bits per heavy atom. The maximum absolute atomic E-state index is 13.5. The first-order valence-corrected chi connectivity index (χ1v) is 10.3. The topological polar surface area (TPSA) is 20.3 Å². The summed E-state index contributed by atoms with van der Waals surface area (Å²) in [5, 5.41) is 0.647. The third-order valence-corrected chi connectivity index (χ3v) is 6.01. The molecular weight excluding hydrogens is 346 g/mol. The number of nitrogens with zero attached hydrogens (tertiary/aromatic N) is 1. The summed E-state index contributed by atoms with van der Waals surface area (Å²) in [6, 6.07) is 20.7. The summed E-state index contributed by atoms with van der Waals surface area (Å²) >= 11 is 5.84. The summed E-state index contributed by atoms with van der Waals surface area (Å²) < 4.78 is 0. The highest BCUT2D eigenvalue weighted by atomic mass is 32.2. The van der Waals surface area contributed by atoms with Crippen molar-refractivity contribution in [2.24, 2.45) is 0 Å². The molecule has 0 bridgehead atoms. The molecule has 0 amide bonds. The minimum absolute atomic E-state index is 0.248. The highest BCUT2D eigenvalue weighted by Crippen LogP contribution is 2.39. The standard InChI is InChI=1S/C21H27NOS2/c1-17(22(2)3)14-21(20(23)15-25-16-24,18-10-6-4-7-11-18)19-12-8-5-9-13-19/h4-13,17,24H,14-16H2,1-3H3. The number of ketones is 1. The van der Waals surface area contributed by atoms with Crippen molar-refractivity contribution < 1.29 is 4.79 Å². The van der Waals surface area contributed by atoms with Gasteiger partial charge in [-0.05, 0) is 38.6 Å². The van der Waals surface area contributed by atoms with Gasteiger partial charge in [0.05, 0.1) is 11.2 Å². The molecule has 0 radical (unpaired) electrons. The normalized spacial score (nSPS) is 13.0. The van der Waals surface area contributed by atoms with Crippen LogP contribution in [0.3, 0.4) is 0 Å². The molecule has 0 fully saturated rings. The summed E-state index contributed by atoms with van der Waals surface area (Å²) in [6.07, 6.45) is 0.750. The van der Waals surface area contributed by atoms with Crippen LogP contribution < -0.4 is 0 Å². The van der Waals surface area contributed by atoms with E-state index in [1.807, 2.05) is 36.4 Å². The predicted octanol–water partition coefficient (Wildman–Crippen LogP) is 4.50. The highest BCUT2D eigenvalue weighted by molar-refractivity contribution is 8.09. The van der Waals surface area contributed by atoms with Crippen molar-refractivity contribution in [3.8, 4) is 0 Å². The monoisotopic (exact) mass is 373 g/mol. The number of hydrogen-bond donors (Lipinski definition) is 1. The summed E-state index contributed by atoms with van der Waals surface area (Å²) in [5.74, 6) is 0.714. The Bertz CT molecular complexity index is 619. The fourth-order valence-electron chi connectivity index (χ4n) is 3.17. The number of thioether (sulfide) groups is 1. The summed E-state index contributed by atoms with van der Waals surface area (Å²) in [7, 11) is 4.14. The van der Waals surface area contributed by atoms with Gasteiger partial charge in [-0.1, -0.05) is 60.7 Å². The molecule has 2 nitrogen and oxygen atoms in total. The van der Waals surface area contributed by atoms with Crippen molar-refractivity contribution in [3.63, 3.8) is 0 Å². The smallest absolute Gasteiger partial charge is 0.157 e. The molecule has 2 aromatic carbocycles. The first kappa shape index (κ1) is 20.1. The molecular formula is C21H27NOS2. The average molecular weight is 374 g/mol. The minimum Gasteiger partial charge on any atom is -0.307 e. The van der Waals surface area contributed by atoms with Crippen LogP contribution in [0.5, 0.6) is 0 Å². The average Bonchev–Trinajstić information content (AvgIpc) is 2.65. The van der Waals surface area contributed by atoms with Gasteiger partial charge in [0.25, 0.3) is 0 Å². The Morgan fingerprint density at radius 1 is 1.04 bits per heavy atom. The number of carbonyl (C=O) groups excluding carboxylic acids is 1. The van der Waals surface area contributed by atoms with E-state index >= 15 is 0 Å². The lowest BCUT2D eigenvalue weighted by Crippen LogP contribution is -2.44. The summed E-state index contributed by atoms with van der Waals surface area (Å²) in [5.41, 5.74) is 1.50. The highest BCUT2D eigenvalue weighted by Gasteiger charge is 2.42. The van der Waals surface area contributed by atoms with Crippen LogP contribution >= 0.6 is 24.4 Å². The van der Waals surface area contributed by atoms with Gasteiger partial charge in [0.1, 0.15) is 0 Å². The van der Waals surface area contributed by atoms with Crippen LogP contribution in [0.1, 0.15) is 24.5 Å². The van der Waals surface area contributed by atoms with Crippen LogP contribution in [0.25, 0.3) is 0 Å². The van der Waals surface area contributed by atoms with Crippen LogP contribution in [0.15, 0.2) is 60.7 Å². The molecule has 134 valence electrons. The third kappa shape index (κ3) is 4.69. The zero-order chi connectivity index (χ0) is 18.3. The van der Waals surface area contributed by atoms with E-state index in [2.05, 4.69) is 62.8 Å². The Morgan fingerprint density at radius 2 is 1.52 bits per heavy atom. The van der Waals surface area contributed by atoms with Gasteiger partial charge in [0.2, 0.25) is 0 Å². The van der Waals surface area contributed by atoms with E-state index in [0.717, 1.165) is 17.5 Å². The quantitative estimate of drug-likeness (QED) is 0.516. The molecule has 25 heavy (non-hydrogen) atoms. The van der Waals surface area contributed by atoms with Crippen LogP contribution in [0.2, 0.25) is 0 Å². The van der Waals surface area contributed by atoms with Crippen molar-refractivity contribution in [2.45, 2.75) is 24.8 Å². The molecule has 1 atom stereocenters. The molecule has 0 aliphatic rings. The maximum Gasteiger partial charge on any atom is 0.157 e. The lowest BCUT2D eigenvalue weighted by molar-refractivity contribution is -0.121. The second-order valence-electron chi connectivity index (χ2n) is 6.55. The van der Waals surface area contributed by atoms with Crippen LogP contribution in [-0.4, -0.2) is 41.7 Å². The lowest BCUT2D eigenvalue weighted by Gasteiger charge is -2.37. The number of rotatable bonds is 9. The predicted molar refractivity (Wildman–Crippen MR) is 113 cm³/mol. The summed E-state index contributed by atoms with van der Waals surface area (Å²) in [4.78, 5) is 15.7. The molecule has 0 heterocycles. The van der Waals surface area contributed by atoms with Crippen molar-refractivity contribution in [1.82, 2.24) is 4.90 Å². The fourth-order valence-corrected chi connectivity index (χ4v) is 3.97. The Kier molecular flexibility index (Phi) is 7.60. The summed E-state index contributed by atoms with van der Waals surface area (Å²) in [6.45, 7) is 2.18. The molecule has 0 saturated heterocycles. The number of Topliss-reactive ketones (excluding diaryl/α,β-unsaturated/α-hetero) is 1. The second-order valence-corrected chi connectivity index (χ2v) is 8.28. The van der Waals surface area contributed by atoms with Crippen LogP contribution in [-0.2, 0) is 10.2 Å². The van der Waals surface area contributed by atoms with Crippen LogP contribution in [0, 0.1) is 0 Å². The van der Waals surface area contributed by atoms with Gasteiger partial charge in [0.15, 0.2) is 5.78 Å². The van der Waals surface area contributed by atoms with Crippen molar-refractivity contribution in [3.05, 3.63) is 71.8 Å². The van der Waals surface area contributed by atoms with Gasteiger partial charge in [-0.2, -0.15) is 12.6 Å². The van der Waals surface area contributed by atoms with E-state index in [0.29, 0.717) is 10.8 Å². The van der Waals surface area contributed by atoms with Gasteiger partial charge in [0, 0.05) is 11.1 Å². The van der Waals surface area contributed by atoms with Gasteiger partial charge < -0.3 is 4.90 Å². The molecule has 0 saturated carbocycles. The van der Waals surface area contributed by atoms with Crippen molar-refractivity contribution in [2.75, 3.05) is 24.9 Å². The minimum atomic E-state index is -0.637. The van der Waals surface area contributed by atoms with Crippen molar-refractivity contribution in [1.29, 1.82) is 0 Å². The Balaban J connectivity index is 2.62. The molecule has 0 aromatic heterocycles. The third-order valence-electron chi connectivity index (χ3n) is 4.82. The Hall–Kier alpha value is -1.23. The van der Waals surface area contributed by atoms with Crippen LogP contribution in [0.4, 0.5) is 0 Å². The molecule has 0 aliphatic carbocycles. The van der Waals surface area contributed by atoms with Gasteiger partial charge in [-0.3, -0.25) is 4.79 Å².